The summed E-state index contributed by atoms with van der Waals surface area (Å²) in [6.45, 7) is 2.34. The number of hydrogen-bond donors (Lipinski definition) is 2. The van der Waals surface area contributed by atoms with Crippen molar-refractivity contribution in [2.75, 3.05) is 6.61 Å². The van der Waals surface area contributed by atoms with E-state index in [0.717, 1.165) is 18.4 Å². The molecule has 1 aromatic rings. The second kappa shape index (κ2) is 6.68. The first kappa shape index (κ1) is 13.2. The van der Waals surface area contributed by atoms with Gasteiger partial charge in [-0.2, -0.15) is 0 Å². The molecule has 0 spiro atoms. The fraction of sp³-hybridized carbons (Fsp3) is 0.385. The van der Waals surface area contributed by atoms with E-state index in [1.54, 1.807) is 12.1 Å². The number of esters is 1. The smallest absolute Gasteiger partial charge is 0.338 e. The molecule has 0 saturated heterocycles. The summed E-state index contributed by atoms with van der Waals surface area (Å²) in [5.74, 6) is -0.123. The number of rotatable bonds is 6. The van der Waals surface area contributed by atoms with Crippen molar-refractivity contribution in [2.45, 2.75) is 26.2 Å². The molecule has 1 rings (SSSR count). The lowest BCUT2D eigenvalue weighted by atomic mass is 10.1. The van der Waals surface area contributed by atoms with E-state index >= 15 is 0 Å². The van der Waals surface area contributed by atoms with Crippen LogP contribution in [0.5, 0.6) is 0 Å². The number of amidine groups is 1. The van der Waals surface area contributed by atoms with Gasteiger partial charge in [0.25, 0.3) is 0 Å². The van der Waals surface area contributed by atoms with Crippen molar-refractivity contribution in [3.8, 4) is 0 Å². The van der Waals surface area contributed by atoms with Gasteiger partial charge in [0.15, 0.2) is 0 Å². The highest BCUT2D eigenvalue weighted by atomic mass is 16.5. The topological polar surface area (TPSA) is 76.2 Å². The molecular formula is C13H18N2O2. The zero-order valence-electron chi connectivity index (χ0n) is 10.0. The van der Waals surface area contributed by atoms with Crippen molar-refractivity contribution in [2.24, 2.45) is 5.73 Å². The molecule has 17 heavy (non-hydrogen) atoms. The zero-order chi connectivity index (χ0) is 12.7. The van der Waals surface area contributed by atoms with Crippen LogP contribution in [0.1, 0.15) is 35.2 Å². The van der Waals surface area contributed by atoms with Crippen molar-refractivity contribution < 1.29 is 9.53 Å². The van der Waals surface area contributed by atoms with Gasteiger partial charge >= 0.3 is 5.97 Å². The monoisotopic (exact) mass is 234 g/mol. The summed E-state index contributed by atoms with van der Waals surface area (Å²) in [6, 6.07) is 7.28. The first-order valence-electron chi connectivity index (χ1n) is 5.66. The van der Waals surface area contributed by atoms with E-state index in [9.17, 15) is 4.79 Å². The van der Waals surface area contributed by atoms with Crippen LogP contribution in [-0.2, 0) is 4.74 Å². The molecule has 4 heteroatoms. The fourth-order valence-electron chi connectivity index (χ4n) is 1.36. The average Bonchev–Trinajstić information content (AvgIpc) is 2.29. The molecule has 0 saturated carbocycles. The second-order valence-corrected chi connectivity index (χ2v) is 3.98. The molecule has 0 aliphatic rings. The zero-order valence-corrected chi connectivity index (χ0v) is 10.0. The summed E-state index contributed by atoms with van der Waals surface area (Å²) < 4.78 is 5.10. The number of carbonyl (C=O) groups is 1. The molecule has 1 aromatic carbocycles. The normalized spacial score (nSPS) is 9.94. The molecule has 0 bridgehead atoms. The van der Waals surface area contributed by atoms with Crippen molar-refractivity contribution >= 4 is 11.8 Å². The minimum absolute atomic E-state index is 0.176. The van der Waals surface area contributed by atoms with Crippen LogP contribution in [0.25, 0.3) is 0 Å². The number of hydrogen-bond acceptors (Lipinski definition) is 3. The SMILES string of the molecule is Cc1ccc(C(=O)OCCCCC(=N)N)cc1. The minimum atomic E-state index is -0.298. The molecular weight excluding hydrogens is 216 g/mol. The van der Waals surface area contributed by atoms with E-state index in [1.807, 2.05) is 19.1 Å². The Morgan fingerprint density at radius 1 is 1.29 bits per heavy atom. The third-order valence-corrected chi connectivity index (χ3v) is 2.36. The van der Waals surface area contributed by atoms with Crippen LogP contribution in [0, 0.1) is 12.3 Å². The van der Waals surface area contributed by atoms with Crippen molar-refractivity contribution in [1.29, 1.82) is 5.41 Å². The maximum atomic E-state index is 11.6. The lowest BCUT2D eigenvalue weighted by Crippen LogP contribution is -2.10. The van der Waals surface area contributed by atoms with Gasteiger partial charge in [0.1, 0.15) is 0 Å². The number of nitrogens with two attached hydrogens (primary N) is 1. The minimum Gasteiger partial charge on any atom is -0.462 e. The van der Waals surface area contributed by atoms with Crippen molar-refractivity contribution in [3.05, 3.63) is 35.4 Å². The van der Waals surface area contributed by atoms with E-state index in [4.69, 9.17) is 15.9 Å². The van der Waals surface area contributed by atoms with Gasteiger partial charge in [0.05, 0.1) is 18.0 Å². The van der Waals surface area contributed by atoms with Crippen LogP contribution >= 0.6 is 0 Å². The number of nitrogens with one attached hydrogen (secondary N) is 1. The average molecular weight is 234 g/mol. The molecule has 0 fully saturated rings. The molecule has 0 atom stereocenters. The van der Waals surface area contributed by atoms with E-state index in [1.165, 1.54) is 0 Å². The van der Waals surface area contributed by atoms with Gasteiger partial charge in [-0.15, -0.1) is 0 Å². The molecule has 3 N–H and O–H groups in total. The molecule has 0 radical (unpaired) electrons. The molecule has 4 nitrogen and oxygen atoms in total. The van der Waals surface area contributed by atoms with Crippen LogP contribution in [0.4, 0.5) is 0 Å². The fourth-order valence-corrected chi connectivity index (χ4v) is 1.36. The van der Waals surface area contributed by atoms with Crippen molar-refractivity contribution in [3.63, 3.8) is 0 Å². The summed E-state index contributed by atoms with van der Waals surface area (Å²) in [4.78, 5) is 11.6. The van der Waals surface area contributed by atoms with E-state index in [0.29, 0.717) is 18.6 Å². The Morgan fingerprint density at radius 2 is 1.94 bits per heavy atom. The molecule has 0 aliphatic heterocycles. The van der Waals surface area contributed by atoms with Crippen LogP contribution in [0.15, 0.2) is 24.3 Å². The standard InChI is InChI=1S/C13H18N2O2/c1-10-5-7-11(8-6-10)13(16)17-9-3-2-4-12(14)15/h5-8H,2-4,9H2,1H3,(H3,14,15). The summed E-state index contributed by atoms with van der Waals surface area (Å²) >= 11 is 0. The van der Waals surface area contributed by atoms with Gasteiger partial charge in [0.2, 0.25) is 0 Å². The third-order valence-electron chi connectivity index (χ3n) is 2.36. The Labute approximate surface area is 101 Å². The second-order valence-electron chi connectivity index (χ2n) is 3.98. The first-order valence-corrected chi connectivity index (χ1v) is 5.66. The Kier molecular flexibility index (Phi) is 5.20. The van der Waals surface area contributed by atoms with Gasteiger partial charge < -0.3 is 10.5 Å². The van der Waals surface area contributed by atoms with Crippen molar-refractivity contribution in [1.82, 2.24) is 0 Å². The van der Waals surface area contributed by atoms with Gasteiger partial charge in [-0.05, 0) is 31.9 Å². The highest BCUT2D eigenvalue weighted by Gasteiger charge is 2.05. The number of aryl methyl sites for hydroxylation is 1. The Balaban J connectivity index is 2.25. The number of unbranched alkanes of at least 4 members (excludes halogenated alkanes) is 1. The van der Waals surface area contributed by atoms with E-state index in [-0.39, 0.29) is 11.8 Å². The molecule has 0 amide bonds. The summed E-state index contributed by atoms with van der Waals surface area (Å²) in [5.41, 5.74) is 6.90. The van der Waals surface area contributed by atoms with Gasteiger partial charge in [-0.25, -0.2) is 4.79 Å². The first-order chi connectivity index (χ1) is 8.09. The maximum absolute atomic E-state index is 11.6. The molecule has 0 unspecified atom stereocenters. The third kappa shape index (κ3) is 5.15. The van der Waals surface area contributed by atoms with Gasteiger partial charge in [-0.3, -0.25) is 5.41 Å². The predicted octanol–water partition coefficient (Wildman–Crippen LogP) is 2.26. The van der Waals surface area contributed by atoms with Crippen LogP contribution < -0.4 is 5.73 Å². The lowest BCUT2D eigenvalue weighted by molar-refractivity contribution is 0.0499. The molecule has 0 heterocycles. The predicted molar refractivity (Wildman–Crippen MR) is 67.2 cm³/mol. The van der Waals surface area contributed by atoms with Gasteiger partial charge in [-0.1, -0.05) is 17.7 Å². The Hall–Kier alpha value is -1.84. The Bertz CT molecular complexity index is 385. The quantitative estimate of drug-likeness (QED) is 0.343. The van der Waals surface area contributed by atoms with E-state index < -0.39 is 0 Å². The summed E-state index contributed by atoms with van der Waals surface area (Å²) in [5, 5.41) is 7.04. The number of ether oxygens (including phenoxy) is 1. The molecule has 0 aromatic heterocycles. The highest BCUT2D eigenvalue weighted by Crippen LogP contribution is 2.05. The Morgan fingerprint density at radius 3 is 2.53 bits per heavy atom. The largest absolute Gasteiger partial charge is 0.462 e. The maximum Gasteiger partial charge on any atom is 0.338 e. The van der Waals surface area contributed by atoms with Crippen LogP contribution in [0.3, 0.4) is 0 Å². The summed E-state index contributed by atoms with van der Waals surface area (Å²) in [6.07, 6.45) is 2.07. The van der Waals surface area contributed by atoms with E-state index in [2.05, 4.69) is 0 Å². The number of carbonyl (C=O) groups excluding carboxylic acids is 1. The lowest BCUT2D eigenvalue weighted by Gasteiger charge is -2.04. The highest BCUT2D eigenvalue weighted by molar-refractivity contribution is 5.89. The van der Waals surface area contributed by atoms with Crippen LogP contribution in [-0.4, -0.2) is 18.4 Å². The number of benzene rings is 1. The molecule has 92 valence electrons. The molecule has 0 aliphatic carbocycles. The van der Waals surface area contributed by atoms with Gasteiger partial charge in [0, 0.05) is 6.42 Å². The summed E-state index contributed by atoms with van der Waals surface area (Å²) in [7, 11) is 0. The van der Waals surface area contributed by atoms with Crippen LogP contribution in [0.2, 0.25) is 0 Å².